The molecule has 0 radical (unpaired) electrons. The van der Waals surface area contributed by atoms with Crippen LogP contribution in [-0.4, -0.2) is 22.6 Å². The molecule has 7 heteroatoms. The van der Waals surface area contributed by atoms with E-state index in [1.54, 1.807) is 4.90 Å². The first kappa shape index (κ1) is 22.6. The lowest BCUT2D eigenvalue weighted by Crippen LogP contribution is -2.23. The summed E-state index contributed by atoms with van der Waals surface area (Å²) >= 11 is 2.86. The summed E-state index contributed by atoms with van der Waals surface area (Å²) in [6.45, 7) is 5.64. The van der Waals surface area contributed by atoms with E-state index in [2.05, 4.69) is 23.2 Å². The Kier molecular flexibility index (Phi) is 6.96. The van der Waals surface area contributed by atoms with Crippen molar-refractivity contribution in [2.45, 2.75) is 51.5 Å². The molecule has 3 aromatic rings. The van der Waals surface area contributed by atoms with E-state index in [-0.39, 0.29) is 24.2 Å². The van der Waals surface area contributed by atoms with Gasteiger partial charge in [0, 0.05) is 17.2 Å². The average Bonchev–Trinajstić information content (AvgIpc) is 3.43. The van der Waals surface area contributed by atoms with Crippen molar-refractivity contribution in [2.75, 3.05) is 10.7 Å². The van der Waals surface area contributed by atoms with Crippen molar-refractivity contribution < 1.29 is 14.3 Å². The van der Waals surface area contributed by atoms with Gasteiger partial charge in [-0.15, -0.1) is 23.1 Å². The Morgan fingerprint density at radius 1 is 1.16 bits per heavy atom. The summed E-state index contributed by atoms with van der Waals surface area (Å²) in [5, 5.41) is 2.40. The van der Waals surface area contributed by atoms with Gasteiger partial charge in [0.05, 0.1) is 17.1 Å². The predicted octanol–water partition coefficient (Wildman–Crippen LogP) is 5.77. The fourth-order valence-corrected chi connectivity index (χ4v) is 5.45. The Bertz CT molecular complexity index is 1160. The highest BCUT2D eigenvalue weighted by Gasteiger charge is 2.20. The van der Waals surface area contributed by atoms with E-state index in [9.17, 15) is 9.59 Å². The van der Waals surface area contributed by atoms with Crippen LogP contribution in [0.4, 0.5) is 10.8 Å². The van der Waals surface area contributed by atoms with Crippen molar-refractivity contribution in [1.29, 1.82) is 0 Å². The van der Waals surface area contributed by atoms with Crippen LogP contribution in [0.3, 0.4) is 0 Å². The van der Waals surface area contributed by atoms with Crippen LogP contribution in [0.5, 0.6) is 0 Å². The third-order valence-corrected chi connectivity index (χ3v) is 7.51. The zero-order chi connectivity index (χ0) is 22.7. The Hall–Kier alpha value is -2.64. The number of aryl methyl sites for hydroxylation is 3. The molecule has 1 aliphatic rings. The number of thioether (sulfide) groups is 1. The number of esters is 1. The van der Waals surface area contributed by atoms with Crippen molar-refractivity contribution in [1.82, 2.24) is 4.98 Å². The molecule has 0 saturated carbocycles. The van der Waals surface area contributed by atoms with Gasteiger partial charge in [0.15, 0.2) is 5.13 Å². The lowest BCUT2D eigenvalue weighted by Gasteiger charge is -2.21. The SMILES string of the molecule is CC(=O)N(c1nc(COC(=O)CSc2ccc3c(c2)CCC3)cs1)c1cccc(C)c1C. The van der Waals surface area contributed by atoms with Crippen LogP contribution < -0.4 is 4.90 Å². The highest BCUT2D eigenvalue weighted by Crippen LogP contribution is 2.32. The van der Waals surface area contributed by atoms with E-state index in [1.165, 1.54) is 47.6 Å². The Morgan fingerprint density at radius 3 is 2.78 bits per heavy atom. The smallest absolute Gasteiger partial charge is 0.316 e. The molecule has 4 rings (SSSR count). The fraction of sp³-hybridized carbons (Fsp3) is 0.320. The summed E-state index contributed by atoms with van der Waals surface area (Å²) in [7, 11) is 0. The van der Waals surface area contributed by atoms with Crippen molar-refractivity contribution in [2.24, 2.45) is 0 Å². The van der Waals surface area contributed by atoms with Crippen LogP contribution in [0.1, 0.15) is 41.3 Å². The first-order chi connectivity index (χ1) is 15.4. The summed E-state index contributed by atoms with van der Waals surface area (Å²) in [5.41, 5.74) is 6.43. The highest BCUT2D eigenvalue weighted by atomic mass is 32.2. The lowest BCUT2D eigenvalue weighted by atomic mass is 10.1. The van der Waals surface area contributed by atoms with Crippen LogP contribution in [0.2, 0.25) is 0 Å². The Labute approximate surface area is 196 Å². The molecule has 5 nitrogen and oxygen atoms in total. The second-order valence-corrected chi connectivity index (χ2v) is 9.81. The van der Waals surface area contributed by atoms with E-state index in [4.69, 9.17) is 4.74 Å². The van der Waals surface area contributed by atoms with Crippen LogP contribution in [-0.2, 0) is 33.8 Å². The standard InChI is InChI=1S/C25H26N2O3S2/c1-16-6-4-9-23(17(16)2)27(18(3)28)25-26-21(14-32-25)13-30-24(29)15-31-22-11-10-19-7-5-8-20(19)12-22/h4,6,9-12,14H,5,7-8,13,15H2,1-3H3. The fourth-order valence-electron chi connectivity index (χ4n) is 3.83. The third kappa shape index (κ3) is 5.05. The molecule has 0 bridgehead atoms. The number of benzene rings is 2. The molecule has 166 valence electrons. The molecule has 32 heavy (non-hydrogen) atoms. The quantitative estimate of drug-likeness (QED) is 0.327. The van der Waals surface area contributed by atoms with Crippen molar-refractivity contribution >= 4 is 45.8 Å². The molecule has 0 spiro atoms. The minimum atomic E-state index is -0.275. The number of hydrogen-bond donors (Lipinski definition) is 0. The first-order valence-electron chi connectivity index (χ1n) is 10.6. The molecular weight excluding hydrogens is 440 g/mol. The molecule has 0 N–H and O–H groups in total. The minimum Gasteiger partial charge on any atom is -0.459 e. The molecule has 0 unspecified atom stereocenters. The molecule has 0 saturated heterocycles. The molecular formula is C25H26N2O3S2. The van der Waals surface area contributed by atoms with Gasteiger partial charge in [0.1, 0.15) is 6.61 Å². The summed E-state index contributed by atoms with van der Waals surface area (Å²) in [6, 6.07) is 12.3. The van der Waals surface area contributed by atoms with E-state index in [0.717, 1.165) is 34.6 Å². The molecule has 1 heterocycles. The van der Waals surface area contributed by atoms with Crippen LogP contribution in [0, 0.1) is 13.8 Å². The maximum absolute atomic E-state index is 12.4. The molecule has 2 aromatic carbocycles. The number of carbonyl (C=O) groups is 2. The van der Waals surface area contributed by atoms with Gasteiger partial charge in [0.25, 0.3) is 0 Å². The van der Waals surface area contributed by atoms with Crippen LogP contribution in [0.25, 0.3) is 0 Å². The number of ether oxygens (including phenoxy) is 1. The second kappa shape index (κ2) is 9.88. The highest BCUT2D eigenvalue weighted by molar-refractivity contribution is 8.00. The minimum absolute atomic E-state index is 0.0959. The average molecular weight is 467 g/mol. The van der Waals surface area contributed by atoms with Crippen molar-refractivity contribution in [3.05, 3.63) is 69.7 Å². The number of fused-ring (bicyclic) bond motifs is 1. The second-order valence-electron chi connectivity index (χ2n) is 7.93. The van der Waals surface area contributed by atoms with Gasteiger partial charge in [0.2, 0.25) is 5.91 Å². The van der Waals surface area contributed by atoms with Crippen LogP contribution >= 0.6 is 23.1 Å². The molecule has 0 atom stereocenters. The number of thiazole rings is 1. The maximum Gasteiger partial charge on any atom is 0.316 e. The third-order valence-electron chi connectivity index (χ3n) is 5.67. The van der Waals surface area contributed by atoms with Gasteiger partial charge >= 0.3 is 5.97 Å². The molecule has 1 amide bonds. The number of amides is 1. The zero-order valence-corrected chi connectivity index (χ0v) is 20.1. The summed E-state index contributed by atoms with van der Waals surface area (Å²) in [4.78, 5) is 31.9. The van der Waals surface area contributed by atoms with E-state index in [1.807, 2.05) is 37.4 Å². The number of rotatable bonds is 7. The molecule has 0 aliphatic heterocycles. The molecule has 1 aliphatic carbocycles. The Balaban J connectivity index is 1.35. The predicted molar refractivity (Wildman–Crippen MR) is 130 cm³/mol. The van der Waals surface area contributed by atoms with E-state index < -0.39 is 0 Å². The van der Waals surface area contributed by atoms with Crippen LogP contribution in [0.15, 0.2) is 46.7 Å². The van der Waals surface area contributed by atoms with Gasteiger partial charge in [-0.25, -0.2) is 4.98 Å². The first-order valence-corrected chi connectivity index (χ1v) is 12.5. The topological polar surface area (TPSA) is 59.5 Å². The lowest BCUT2D eigenvalue weighted by molar-refractivity contribution is -0.141. The van der Waals surface area contributed by atoms with Gasteiger partial charge in [-0.05, 0) is 73.6 Å². The van der Waals surface area contributed by atoms with Gasteiger partial charge in [-0.3, -0.25) is 14.5 Å². The van der Waals surface area contributed by atoms with E-state index >= 15 is 0 Å². The van der Waals surface area contributed by atoms with Crippen molar-refractivity contribution in [3.8, 4) is 0 Å². The van der Waals surface area contributed by atoms with Crippen molar-refractivity contribution in [3.63, 3.8) is 0 Å². The van der Waals surface area contributed by atoms with E-state index in [0.29, 0.717) is 10.8 Å². The largest absolute Gasteiger partial charge is 0.459 e. The van der Waals surface area contributed by atoms with Gasteiger partial charge in [-0.1, -0.05) is 18.2 Å². The normalized spacial score (nSPS) is 12.5. The summed E-state index contributed by atoms with van der Waals surface area (Å²) in [5.74, 6) is -0.122. The van der Waals surface area contributed by atoms with Gasteiger partial charge < -0.3 is 4.74 Å². The number of hydrogen-bond acceptors (Lipinski definition) is 6. The monoisotopic (exact) mass is 466 g/mol. The molecule has 0 fully saturated rings. The number of nitrogens with zero attached hydrogens (tertiary/aromatic N) is 2. The number of carbonyl (C=O) groups excluding carboxylic acids is 2. The Morgan fingerprint density at radius 2 is 1.97 bits per heavy atom. The van der Waals surface area contributed by atoms with Gasteiger partial charge in [-0.2, -0.15) is 0 Å². The zero-order valence-electron chi connectivity index (χ0n) is 18.5. The summed E-state index contributed by atoms with van der Waals surface area (Å²) < 4.78 is 5.43. The summed E-state index contributed by atoms with van der Waals surface area (Å²) in [6.07, 6.45) is 3.49. The number of aromatic nitrogens is 1. The number of anilines is 2. The maximum atomic E-state index is 12.4. The molecule has 1 aromatic heterocycles.